The van der Waals surface area contributed by atoms with E-state index >= 15 is 0 Å². The second-order valence-corrected chi connectivity index (χ2v) is 7.76. The molecule has 2 aliphatic heterocycles. The minimum atomic E-state index is -0.644. The Labute approximate surface area is 163 Å². The van der Waals surface area contributed by atoms with Crippen LogP contribution in [0.5, 0.6) is 0 Å². The Hall–Kier alpha value is -2.31. The van der Waals surface area contributed by atoms with Crippen LogP contribution in [0, 0.1) is 17.6 Å². The van der Waals surface area contributed by atoms with Crippen LogP contribution in [0.1, 0.15) is 40.4 Å². The van der Waals surface area contributed by atoms with Gasteiger partial charge in [0.05, 0.1) is 6.10 Å². The van der Waals surface area contributed by atoms with Gasteiger partial charge in [-0.15, -0.1) is 0 Å². The molecule has 0 saturated carbocycles. The molecule has 2 aliphatic rings. The van der Waals surface area contributed by atoms with Crippen molar-refractivity contribution < 1.29 is 18.7 Å². The predicted octanol–water partition coefficient (Wildman–Crippen LogP) is 3.37. The van der Waals surface area contributed by atoms with Gasteiger partial charge in [0.1, 0.15) is 11.6 Å². The number of benzene rings is 2. The molecule has 0 spiro atoms. The fourth-order valence-corrected chi connectivity index (χ4v) is 4.20. The normalized spacial score (nSPS) is 19.1. The van der Waals surface area contributed by atoms with Crippen LogP contribution in [0.2, 0.25) is 0 Å². The van der Waals surface area contributed by atoms with E-state index in [2.05, 4.69) is 4.90 Å². The molecule has 28 heavy (non-hydrogen) atoms. The van der Waals surface area contributed by atoms with E-state index in [0.29, 0.717) is 42.2 Å². The predicted molar refractivity (Wildman–Crippen MR) is 102 cm³/mol. The summed E-state index contributed by atoms with van der Waals surface area (Å²) in [5, 5.41) is 10.4. The third kappa shape index (κ3) is 3.93. The maximum absolute atomic E-state index is 13.9. The molecule has 1 unspecified atom stereocenters. The van der Waals surface area contributed by atoms with E-state index in [1.54, 1.807) is 29.2 Å². The van der Waals surface area contributed by atoms with Gasteiger partial charge in [0.15, 0.2) is 0 Å². The lowest BCUT2D eigenvalue weighted by atomic mass is 9.95. The van der Waals surface area contributed by atoms with E-state index < -0.39 is 6.10 Å². The summed E-state index contributed by atoms with van der Waals surface area (Å²) >= 11 is 0. The van der Waals surface area contributed by atoms with Gasteiger partial charge in [-0.3, -0.25) is 4.79 Å². The molecule has 2 aromatic carbocycles. The summed E-state index contributed by atoms with van der Waals surface area (Å²) in [7, 11) is 0. The third-order valence-corrected chi connectivity index (χ3v) is 5.86. The minimum absolute atomic E-state index is 0.0799. The second kappa shape index (κ2) is 7.97. The maximum atomic E-state index is 13.9. The number of nitrogens with zero attached hydrogens (tertiary/aromatic N) is 2. The van der Waals surface area contributed by atoms with Crippen molar-refractivity contribution >= 4 is 5.91 Å². The first-order valence-corrected chi connectivity index (χ1v) is 9.74. The number of β-amino-alcohol motifs (C(OH)–C–C–N with tert-alkyl or cyclic N) is 1. The highest BCUT2D eigenvalue weighted by molar-refractivity contribution is 5.98. The Bertz CT molecular complexity index is 848. The fourth-order valence-electron chi connectivity index (χ4n) is 4.20. The molecule has 1 amide bonds. The van der Waals surface area contributed by atoms with Gasteiger partial charge in [-0.2, -0.15) is 0 Å². The Morgan fingerprint density at radius 3 is 2.46 bits per heavy atom. The molecule has 1 saturated heterocycles. The van der Waals surface area contributed by atoms with Crippen LogP contribution in [-0.2, 0) is 6.54 Å². The first kappa shape index (κ1) is 19.0. The van der Waals surface area contributed by atoms with Crippen molar-refractivity contribution in [1.29, 1.82) is 0 Å². The molecule has 0 bridgehead atoms. The molecule has 6 heteroatoms. The molecule has 2 aromatic rings. The molecule has 1 atom stereocenters. The van der Waals surface area contributed by atoms with Gasteiger partial charge in [-0.1, -0.05) is 18.2 Å². The fraction of sp³-hybridized carbons (Fsp3) is 0.409. The third-order valence-electron chi connectivity index (χ3n) is 5.86. The highest BCUT2D eigenvalue weighted by Crippen LogP contribution is 2.28. The van der Waals surface area contributed by atoms with Gasteiger partial charge in [0.2, 0.25) is 0 Å². The summed E-state index contributed by atoms with van der Waals surface area (Å²) in [5.41, 5.74) is 1.71. The molecule has 4 nitrogen and oxygen atoms in total. The Balaban J connectivity index is 1.27. The SMILES string of the molecule is O=C1c2cccc(F)c2CN1CC1CCN(CC(O)c2ccc(F)cc2)CC1. The molecule has 0 aromatic heterocycles. The van der Waals surface area contributed by atoms with Crippen molar-refractivity contribution in [2.24, 2.45) is 5.92 Å². The number of hydrogen-bond donors (Lipinski definition) is 1. The van der Waals surface area contributed by atoms with Gasteiger partial charge in [0.25, 0.3) is 5.91 Å². The lowest BCUT2D eigenvalue weighted by Gasteiger charge is -2.34. The van der Waals surface area contributed by atoms with Crippen LogP contribution >= 0.6 is 0 Å². The first-order valence-electron chi connectivity index (χ1n) is 9.74. The second-order valence-electron chi connectivity index (χ2n) is 7.76. The highest BCUT2D eigenvalue weighted by Gasteiger charge is 2.32. The van der Waals surface area contributed by atoms with Crippen LogP contribution in [-0.4, -0.2) is 47.0 Å². The Morgan fingerprint density at radius 2 is 1.79 bits per heavy atom. The smallest absolute Gasteiger partial charge is 0.254 e. The van der Waals surface area contributed by atoms with Crippen LogP contribution in [0.15, 0.2) is 42.5 Å². The van der Waals surface area contributed by atoms with Crippen molar-refractivity contribution in [3.8, 4) is 0 Å². The standard InChI is InChI=1S/C22H24F2N2O2/c23-17-6-4-16(5-7-17)21(27)14-25-10-8-15(9-11-25)12-26-13-19-18(22(26)28)2-1-3-20(19)24/h1-7,15,21,27H,8-14H2. The zero-order valence-corrected chi connectivity index (χ0v) is 15.7. The number of piperidine rings is 1. The van der Waals surface area contributed by atoms with E-state index in [-0.39, 0.29) is 17.5 Å². The lowest BCUT2D eigenvalue weighted by Crippen LogP contribution is -2.40. The molecule has 1 N–H and O–H groups in total. The number of amides is 1. The number of aliphatic hydroxyl groups is 1. The first-order chi connectivity index (χ1) is 13.5. The molecule has 0 radical (unpaired) electrons. The number of carbonyl (C=O) groups is 1. The van der Waals surface area contributed by atoms with Gasteiger partial charge in [-0.25, -0.2) is 8.78 Å². The summed E-state index contributed by atoms with van der Waals surface area (Å²) in [5.74, 6) is -0.322. The van der Waals surface area contributed by atoms with E-state index in [0.717, 1.165) is 25.9 Å². The van der Waals surface area contributed by atoms with Crippen LogP contribution in [0.25, 0.3) is 0 Å². The van der Waals surface area contributed by atoms with E-state index in [9.17, 15) is 18.7 Å². The zero-order valence-electron chi connectivity index (χ0n) is 15.7. The summed E-state index contributed by atoms with van der Waals surface area (Å²) in [6.07, 6.45) is 1.21. The van der Waals surface area contributed by atoms with Crippen molar-refractivity contribution in [2.75, 3.05) is 26.2 Å². The zero-order chi connectivity index (χ0) is 19.7. The Kier molecular flexibility index (Phi) is 5.42. The number of hydrogen-bond acceptors (Lipinski definition) is 3. The molecule has 4 rings (SSSR count). The summed E-state index contributed by atoms with van der Waals surface area (Å²) in [6, 6.07) is 10.6. The molecule has 148 valence electrons. The summed E-state index contributed by atoms with van der Waals surface area (Å²) < 4.78 is 26.9. The topological polar surface area (TPSA) is 43.8 Å². The van der Waals surface area contributed by atoms with Gasteiger partial charge < -0.3 is 14.9 Å². The number of rotatable bonds is 5. The molecule has 1 fully saturated rings. The van der Waals surface area contributed by atoms with Crippen LogP contribution in [0.3, 0.4) is 0 Å². The quantitative estimate of drug-likeness (QED) is 0.857. The Morgan fingerprint density at radius 1 is 1.07 bits per heavy atom. The maximum Gasteiger partial charge on any atom is 0.254 e. The average molecular weight is 386 g/mol. The monoisotopic (exact) mass is 386 g/mol. The van der Waals surface area contributed by atoms with Crippen LogP contribution < -0.4 is 0 Å². The average Bonchev–Trinajstić information content (AvgIpc) is 3.01. The van der Waals surface area contributed by atoms with Crippen molar-refractivity contribution in [3.05, 3.63) is 70.8 Å². The van der Waals surface area contributed by atoms with Crippen molar-refractivity contribution in [2.45, 2.75) is 25.5 Å². The number of aliphatic hydroxyl groups excluding tert-OH is 1. The number of likely N-dealkylation sites (tertiary alicyclic amines) is 1. The largest absolute Gasteiger partial charge is 0.387 e. The lowest BCUT2D eigenvalue weighted by molar-refractivity contribution is 0.0654. The van der Waals surface area contributed by atoms with E-state index in [1.807, 2.05) is 0 Å². The van der Waals surface area contributed by atoms with Crippen LogP contribution in [0.4, 0.5) is 8.78 Å². The number of carbonyl (C=O) groups excluding carboxylic acids is 1. The van der Waals surface area contributed by atoms with Gasteiger partial charge in [0, 0.05) is 30.8 Å². The van der Waals surface area contributed by atoms with Gasteiger partial charge >= 0.3 is 0 Å². The van der Waals surface area contributed by atoms with E-state index in [4.69, 9.17) is 0 Å². The summed E-state index contributed by atoms with van der Waals surface area (Å²) in [4.78, 5) is 16.5. The van der Waals surface area contributed by atoms with E-state index in [1.165, 1.54) is 18.2 Å². The number of halogens is 2. The van der Waals surface area contributed by atoms with Crippen molar-refractivity contribution in [3.63, 3.8) is 0 Å². The highest BCUT2D eigenvalue weighted by atomic mass is 19.1. The molecular formula is C22H24F2N2O2. The molecular weight excluding hydrogens is 362 g/mol. The number of fused-ring (bicyclic) bond motifs is 1. The van der Waals surface area contributed by atoms with Crippen molar-refractivity contribution in [1.82, 2.24) is 9.80 Å². The molecule has 0 aliphatic carbocycles. The minimum Gasteiger partial charge on any atom is -0.387 e. The summed E-state index contributed by atoms with van der Waals surface area (Å²) in [6.45, 7) is 3.18. The molecule has 2 heterocycles. The van der Waals surface area contributed by atoms with Gasteiger partial charge in [-0.05, 0) is 61.7 Å².